The van der Waals surface area contributed by atoms with E-state index in [0.29, 0.717) is 5.82 Å². The number of carbonyl (C=O) groups is 2. The number of carbonyl (C=O) groups excluding carboxylic acids is 2. The second-order valence-electron chi connectivity index (χ2n) is 4.27. The zero-order valence-corrected chi connectivity index (χ0v) is 12.1. The summed E-state index contributed by atoms with van der Waals surface area (Å²) in [7, 11) is 0. The first-order valence-corrected chi connectivity index (χ1v) is 6.39. The lowest BCUT2D eigenvalue weighted by Crippen LogP contribution is -2.46. The first-order chi connectivity index (χ1) is 8.40. The highest BCUT2D eigenvalue weighted by Gasteiger charge is 2.23. The van der Waals surface area contributed by atoms with Crippen LogP contribution in [0.3, 0.4) is 0 Å². The van der Waals surface area contributed by atoms with Crippen molar-refractivity contribution in [1.29, 1.82) is 0 Å². The number of aromatic nitrogens is 1. The molecule has 0 saturated carbocycles. The highest BCUT2D eigenvalue weighted by atomic mass is 79.9. The highest BCUT2D eigenvalue weighted by Crippen LogP contribution is 2.11. The van der Waals surface area contributed by atoms with Gasteiger partial charge in [-0.15, -0.1) is 0 Å². The van der Waals surface area contributed by atoms with Crippen LogP contribution in [0.2, 0.25) is 0 Å². The molecule has 0 aliphatic carbocycles. The summed E-state index contributed by atoms with van der Waals surface area (Å²) in [5, 5.41) is 5.29. The van der Waals surface area contributed by atoms with Gasteiger partial charge in [0.2, 0.25) is 11.8 Å². The molecule has 0 aliphatic heterocycles. The number of nitrogens with zero attached hydrogens (tertiary/aromatic N) is 1. The Morgan fingerprint density at radius 1 is 1.33 bits per heavy atom. The number of pyridine rings is 1. The van der Waals surface area contributed by atoms with Crippen LogP contribution in [0, 0.1) is 5.92 Å². The second kappa shape index (κ2) is 6.49. The molecule has 1 atom stereocenters. The summed E-state index contributed by atoms with van der Waals surface area (Å²) in [5.41, 5.74) is 0. The number of halogens is 1. The molecule has 5 nitrogen and oxygen atoms in total. The average molecular weight is 314 g/mol. The summed E-state index contributed by atoms with van der Waals surface area (Å²) in [4.78, 5) is 27.1. The number of rotatable bonds is 4. The van der Waals surface area contributed by atoms with Crippen LogP contribution in [0.1, 0.15) is 20.8 Å². The Balaban J connectivity index is 2.72. The lowest BCUT2D eigenvalue weighted by molar-refractivity contribution is -0.126. The van der Waals surface area contributed by atoms with E-state index in [1.807, 2.05) is 13.8 Å². The number of hydrogen-bond acceptors (Lipinski definition) is 3. The molecule has 2 amide bonds. The smallest absolute Gasteiger partial charge is 0.248 e. The van der Waals surface area contributed by atoms with E-state index in [1.165, 1.54) is 6.92 Å². The largest absolute Gasteiger partial charge is 0.344 e. The predicted molar refractivity (Wildman–Crippen MR) is 73.0 cm³/mol. The third kappa shape index (κ3) is 4.44. The summed E-state index contributed by atoms with van der Waals surface area (Å²) < 4.78 is 0.836. The first-order valence-electron chi connectivity index (χ1n) is 5.59. The maximum absolute atomic E-state index is 12.0. The van der Waals surface area contributed by atoms with Gasteiger partial charge in [-0.2, -0.15) is 0 Å². The fraction of sp³-hybridized carbons (Fsp3) is 0.417. The van der Waals surface area contributed by atoms with E-state index >= 15 is 0 Å². The van der Waals surface area contributed by atoms with Crippen molar-refractivity contribution in [3.63, 3.8) is 0 Å². The molecule has 0 aliphatic rings. The van der Waals surface area contributed by atoms with E-state index in [1.54, 1.807) is 18.3 Å². The Kier molecular flexibility index (Phi) is 5.27. The molecule has 6 heteroatoms. The van der Waals surface area contributed by atoms with Gasteiger partial charge in [0.15, 0.2) is 0 Å². The number of anilines is 1. The lowest BCUT2D eigenvalue weighted by atomic mass is 10.0. The Morgan fingerprint density at radius 3 is 2.44 bits per heavy atom. The minimum atomic E-state index is -0.562. The summed E-state index contributed by atoms with van der Waals surface area (Å²) in [6.45, 7) is 5.13. The molecule has 0 bridgehead atoms. The maximum atomic E-state index is 12.0. The normalized spacial score (nSPS) is 12.1. The van der Waals surface area contributed by atoms with E-state index < -0.39 is 6.04 Å². The monoisotopic (exact) mass is 313 g/mol. The van der Waals surface area contributed by atoms with Crippen molar-refractivity contribution in [3.05, 3.63) is 22.8 Å². The van der Waals surface area contributed by atoms with Crippen LogP contribution in [0.5, 0.6) is 0 Å². The van der Waals surface area contributed by atoms with Crippen molar-refractivity contribution < 1.29 is 9.59 Å². The van der Waals surface area contributed by atoms with Gasteiger partial charge in [-0.25, -0.2) is 4.98 Å². The van der Waals surface area contributed by atoms with Crippen LogP contribution in [-0.4, -0.2) is 22.8 Å². The summed E-state index contributed by atoms with van der Waals surface area (Å²) in [6.07, 6.45) is 1.60. The van der Waals surface area contributed by atoms with Crippen LogP contribution in [0.15, 0.2) is 22.8 Å². The fourth-order valence-electron chi connectivity index (χ4n) is 1.41. The van der Waals surface area contributed by atoms with E-state index in [0.717, 1.165) is 4.47 Å². The molecule has 0 spiro atoms. The van der Waals surface area contributed by atoms with Crippen LogP contribution in [0.4, 0.5) is 5.82 Å². The van der Waals surface area contributed by atoms with Crippen molar-refractivity contribution in [1.82, 2.24) is 10.3 Å². The van der Waals surface area contributed by atoms with Crippen LogP contribution in [0.25, 0.3) is 0 Å². The summed E-state index contributed by atoms with van der Waals surface area (Å²) >= 11 is 3.26. The third-order valence-electron chi connectivity index (χ3n) is 2.29. The second-order valence-corrected chi connectivity index (χ2v) is 5.19. The zero-order chi connectivity index (χ0) is 13.7. The molecular weight excluding hydrogens is 298 g/mol. The number of nitrogens with one attached hydrogen (secondary N) is 2. The van der Waals surface area contributed by atoms with Crippen molar-refractivity contribution in [2.75, 3.05) is 5.32 Å². The van der Waals surface area contributed by atoms with Crippen LogP contribution < -0.4 is 10.6 Å². The molecule has 98 valence electrons. The van der Waals surface area contributed by atoms with Gasteiger partial charge in [0, 0.05) is 17.6 Å². The van der Waals surface area contributed by atoms with Crippen LogP contribution >= 0.6 is 15.9 Å². The zero-order valence-electron chi connectivity index (χ0n) is 10.5. The topological polar surface area (TPSA) is 71.1 Å². The van der Waals surface area contributed by atoms with Gasteiger partial charge in [0.05, 0.1) is 0 Å². The Hall–Kier alpha value is -1.43. The van der Waals surface area contributed by atoms with Gasteiger partial charge in [-0.1, -0.05) is 13.8 Å². The number of hydrogen-bond donors (Lipinski definition) is 2. The van der Waals surface area contributed by atoms with Crippen molar-refractivity contribution in [2.24, 2.45) is 5.92 Å². The van der Waals surface area contributed by atoms with Crippen molar-refractivity contribution >= 4 is 33.6 Å². The first kappa shape index (κ1) is 14.6. The van der Waals surface area contributed by atoms with Crippen LogP contribution in [-0.2, 0) is 9.59 Å². The molecule has 0 fully saturated rings. The molecule has 2 N–H and O–H groups in total. The Labute approximate surface area is 114 Å². The molecule has 1 aromatic rings. The van der Waals surface area contributed by atoms with E-state index in [4.69, 9.17) is 0 Å². The molecular formula is C12H16BrN3O2. The minimum Gasteiger partial charge on any atom is -0.344 e. The van der Waals surface area contributed by atoms with Gasteiger partial charge in [-0.05, 0) is 34.0 Å². The predicted octanol–water partition coefficient (Wildman–Crippen LogP) is 1.94. The number of amides is 2. The molecule has 0 radical (unpaired) electrons. The Bertz CT molecular complexity index is 431. The van der Waals surface area contributed by atoms with E-state index in [-0.39, 0.29) is 17.7 Å². The van der Waals surface area contributed by atoms with Gasteiger partial charge in [-0.3, -0.25) is 9.59 Å². The van der Waals surface area contributed by atoms with Gasteiger partial charge >= 0.3 is 0 Å². The summed E-state index contributed by atoms with van der Waals surface area (Å²) in [6, 6.07) is 2.91. The van der Waals surface area contributed by atoms with E-state index in [2.05, 4.69) is 31.5 Å². The van der Waals surface area contributed by atoms with Crippen molar-refractivity contribution in [3.8, 4) is 0 Å². The maximum Gasteiger partial charge on any atom is 0.248 e. The SMILES string of the molecule is CC(=O)NC(C(=O)Nc1ccc(Br)cn1)C(C)C. The molecule has 1 rings (SSSR count). The molecule has 0 saturated heterocycles. The van der Waals surface area contributed by atoms with E-state index in [9.17, 15) is 9.59 Å². The molecule has 1 aromatic heterocycles. The highest BCUT2D eigenvalue weighted by molar-refractivity contribution is 9.10. The molecule has 1 heterocycles. The molecule has 1 unspecified atom stereocenters. The van der Waals surface area contributed by atoms with Gasteiger partial charge in [0.1, 0.15) is 11.9 Å². The lowest BCUT2D eigenvalue weighted by Gasteiger charge is -2.20. The van der Waals surface area contributed by atoms with Gasteiger partial charge < -0.3 is 10.6 Å². The third-order valence-corrected chi connectivity index (χ3v) is 2.76. The fourth-order valence-corrected chi connectivity index (χ4v) is 1.64. The minimum absolute atomic E-state index is 0.00403. The molecule has 18 heavy (non-hydrogen) atoms. The summed E-state index contributed by atoms with van der Waals surface area (Å²) in [5.74, 6) is -0.0359. The molecule has 0 aromatic carbocycles. The quantitative estimate of drug-likeness (QED) is 0.892. The average Bonchev–Trinajstić information content (AvgIpc) is 2.28. The van der Waals surface area contributed by atoms with Gasteiger partial charge in [0.25, 0.3) is 0 Å². The van der Waals surface area contributed by atoms with Crippen molar-refractivity contribution in [2.45, 2.75) is 26.8 Å². The Morgan fingerprint density at radius 2 is 2.00 bits per heavy atom. The standard InChI is InChI=1S/C12H16BrN3O2/c1-7(2)11(15-8(3)17)12(18)16-10-5-4-9(13)6-14-10/h4-7,11H,1-3H3,(H,15,17)(H,14,16,18).